The molecule has 0 bridgehead atoms. The van der Waals surface area contributed by atoms with Gasteiger partial charge in [0.15, 0.2) is 0 Å². The zero-order valence-electron chi connectivity index (χ0n) is 14.7. The highest BCUT2D eigenvalue weighted by atomic mass is 35.5. The van der Waals surface area contributed by atoms with Gasteiger partial charge in [-0.3, -0.25) is 4.79 Å². The number of nitrogens with one attached hydrogen (secondary N) is 1. The van der Waals surface area contributed by atoms with Crippen LogP contribution in [0.15, 0.2) is 66.6 Å². The lowest BCUT2D eigenvalue weighted by molar-refractivity contribution is -0.123. The Balaban J connectivity index is 1.61. The molecule has 0 saturated heterocycles. The summed E-state index contributed by atoms with van der Waals surface area (Å²) in [4.78, 5) is 17.5. The van der Waals surface area contributed by atoms with Crippen LogP contribution in [-0.2, 0) is 4.79 Å². The van der Waals surface area contributed by atoms with Crippen molar-refractivity contribution < 1.29 is 9.18 Å². The van der Waals surface area contributed by atoms with Gasteiger partial charge in [-0.15, -0.1) is 0 Å². The van der Waals surface area contributed by atoms with Gasteiger partial charge in [-0.2, -0.15) is 10.1 Å². The molecule has 3 atom stereocenters. The van der Waals surface area contributed by atoms with Crippen LogP contribution in [0.2, 0.25) is 5.02 Å². The molecule has 2 heterocycles. The van der Waals surface area contributed by atoms with Crippen LogP contribution >= 0.6 is 11.6 Å². The number of carbonyl (C=O) groups is 1. The molecule has 5 rings (SSSR count). The summed E-state index contributed by atoms with van der Waals surface area (Å²) in [5, 5.41) is 8.20. The summed E-state index contributed by atoms with van der Waals surface area (Å²) in [5.41, 5.74) is 2.62. The van der Waals surface area contributed by atoms with Gasteiger partial charge >= 0.3 is 0 Å². The third-order valence-corrected chi connectivity index (χ3v) is 5.62. The van der Waals surface area contributed by atoms with E-state index in [0.29, 0.717) is 17.4 Å². The maximum atomic E-state index is 13.3. The number of rotatable bonds is 2. The molecule has 5 nitrogen and oxygen atoms in total. The minimum atomic E-state index is -0.399. The average Bonchev–Trinajstić information content (AvgIpc) is 3.15. The van der Waals surface area contributed by atoms with Crippen LogP contribution in [0.5, 0.6) is 0 Å². The number of allylic oxidation sites excluding steroid dienone is 2. The number of Topliss-reactive ketones (excluding diaryl/α,β-unsaturated/α-hetero) is 1. The second kappa shape index (κ2) is 6.56. The van der Waals surface area contributed by atoms with Gasteiger partial charge in [0.2, 0.25) is 5.95 Å². The number of benzene rings is 2. The molecule has 0 saturated carbocycles. The Labute approximate surface area is 165 Å². The van der Waals surface area contributed by atoms with Gasteiger partial charge in [-0.05, 0) is 35.4 Å². The SMILES string of the molecule is O=C1C[C@H](c2ccc(F)cc2)C=C2Nc3ncnn3[C@H](c3cccc(Cl)c3)[C@@H]12. The number of nitrogens with zero attached hydrogens (tertiary/aromatic N) is 3. The van der Waals surface area contributed by atoms with Crippen LogP contribution in [0.1, 0.15) is 29.5 Å². The molecule has 7 heteroatoms. The molecule has 0 radical (unpaired) electrons. The Morgan fingerprint density at radius 2 is 1.96 bits per heavy atom. The lowest BCUT2D eigenvalue weighted by Gasteiger charge is -2.38. The monoisotopic (exact) mass is 394 g/mol. The van der Waals surface area contributed by atoms with Gasteiger partial charge in [0.1, 0.15) is 17.9 Å². The molecule has 1 aliphatic carbocycles. The first-order valence-corrected chi connectivity index (χ1v) is 9.40. The molecule has 2 aromatic carbocycles. The predicted molar refractivity (Wildman–Crippen MR) is 104 cm³/mol. The minimum Gasteiger partial charge on any atom is -0.328 e. The average molecular weight is 395 g/mol. The molecule has 28 heavy (non-hydrogen) atoms. The van der Waals surface area contributed by atoms with Gasteiger partial charge in [0, 0.05) is 23.1 Å². The summed E-state index contributed by atoms with van der Waals surface area (Å²) in [5.74, 6) is -0.113. The van der Waals surface area contributed by atoms with Crippen LogP contribution < -0.4 is 5.32 Å². The largest absolute Gasteiger partial charge is 0.328 e. The second-order valence-corrected chi connectivity index (χ2v) is 7.52. The number of fused-ring (bicyclic) bond motifs is 2. The lowest BCUT2D eigenvalue weighted by atomic mass is 9.76. The topological polar surface area (TPSA) is 59.8 Å². The Morgan fingerprint density at radius 1 is 1.14 bits per heavy atom. The summed E-state index contributed by atoms with van der Waals surface area (Å²) < 4.78 is 15.0. The molecule has 0 fully saturated rings. The van der Waals surface area contributed by atoms with E-state index in [9.17, 15) is 9.18 Å². The molecule has 1 aliphatic heterocycles. The van der Waals surface area contributed by atoms with Gasteiger partial charge in [0.05, 0.1) is 12.0 Å². The number of hydrogen-bond donors (Lipinski definition) is 1. The number of halogens is 2. The Morgan fingerprint density at radius 3 is 2.75 bits per heavy atom. The van der Waals surface area contributed by atoms with Crippen molar-refractivity contribution in [1.82, 2.24) is 14.8 Å². The number of hydrogen-bond acceptors (Lipinski definition) is 4. The number of ketones is 1. The van der Waals surface area contributed by atoms with E-state index >= 15 is 0 Å². The van der Waals surface area contributed by atoms with Crippen LogP contribution in [0.25, 0.3) is 0 Å². The third-order valence-electron chi connectivity index (χ3n) is 5.38. The summed E-state index contributed by atoms with van der Waals surface area (Å²) in [6.07, 6.45) is 3.87. The fourth-order valence-corrected chi connectivity index (χ4v) is 4.32. The highest BCUT2D eigenvalue weighted by Gasteiger charge is 2.43. The Bertz CT molecular complexity index is 1090. The molecule has 0 amide bonds. The van der Waals surface area contributed by atoms with E-state index in [-0.39, 0.29) is 23.6 Å². The maximum absolute atomic E-state index is 13.3. The van der Waals surface area contributed by atoms with Crippen molar-refractivity contribution >= 4 is 23.3 Å². The Kier molecular flexibility index (Phi) is 4.02. The van der Waals surface area contributed by atoms with E-state index in [1.165, 1.54) is 18.5 Å². The zero-order chi connectivity index (χ0) is 19.3. The fourth-order valence-electron chi connectivity index (χ4n) is 4.12. The van der Waals surface area contributed by atoms with E-state index in [2.05, 4.69) is 21.5 Å². The van der Waals surface area contributed by atoms with E-state index < -0.39 is 5.92 Å². The van der Waals surface area contributed by atoms with Crippen LogP contribution in [0.3, 0.4) is 0 Å². The van der Waals surface area contributed by atoms with Crippen LogP contribution in [0.4, 0.5) is 10.3 Å². The number of aromatic nitrogens is 3. The summed E-state index contributed by atoms with van der Waals surface area (Å²) in [6.45, 7) is 0. The van der Waals surface area contributed by atoms with E-state index in [0.717, 1.165) is 16.8 Å². The summed E-state index contributed by atoms with van der Waals surface area (Å²) >= 11 is 6.20. The van der Waals surface area contributed by atoms with E-state index in [4.69, 9.17) is 11.6 Å². The van der Waals surface area contributed by atoms with E-state index in [1.807, 2.05) is 18.2 Å². The van der Waals surface area contributed by atoms with Crippen molar-refractivity contribution in [2.45, 2.75) is 18.4 Å². The fraction of sp³-hybridized carbons (Fsp3) is 0.190. The standard InChI is InChI=1S/C21H16ClFN4O/c22-15-3-1-2-13(8-15)20-19-17(26-21-24-11-25-27(20)21)9-14(10-18(19)28)12-4-6-16(23)7-5-12/h1-9,11,14,19-20H,10H2,(H,24,25,26)/t14-,19-,20-/m1/s1. The predicted octanol–water partition coefficient (Wildman–Crippen LogP) is 4.34. The molecule has 2 aliphatic rings. The molecule has 0 unspecified atom stereocenters. The smallest absolute Gasteiger partial charge is 0.226 e. The van der Waals surface area contributed by atoms with Crippen molar-refractivity contribution in [3.05, 3.63) is 88.6 Å². The minimum absolute atomic E-state index is 0.102. The Hall–Kier alpha value is -2.99. The van der Waals surface area contributed by atoms with Crippen molar-refractivity contribution in [3.63, 3.8) is 0 Å². The first kappa shape index (κ1) is 17.1. The quantitative estimate of drug-likeness (QED) is 0.702. The van der Waals surface area contributed by atoms with Crippen molar-refractivity contribution in [2.24, 2.45) is 5.92 Å². The first-order valence-electron chi connectivity index (χ1n) is 9.02. The van der Waals surface area contributed by atoms with Gasteiger partial charge in [0.25, 0.3) is 0 Å². The van der Waals surface area contributed by atoms with Crippen molar-refractivity contribution in [1.29, 1.82) is 0 Å². The number of carbonyl (C=O) groups excluding carboxylic acids is 1. The molecular weight excluding hydrogens is 379 g/mol. The lowest BCUT2D eigenvalue weighted by Crippen LogP contribution is -2.40. The summed E-state index contributed by atoms with van der Waals surface area (Å²) in [7, 11) is 0. The van der Waals surface area contributed by atoms with Crippen molar-refractivity contribution in [3.8, 4) is 0 Å². The second-order valence-electron chi connectivity index (χ2n) is 7.08. The molecule has 0 spiro atoms. The van der Waals surface area contributed by atoms with Gasteiger partial charge in [-0.25, -0.2) is 9.07 Å². The van der Waals surface area contributed by atoms with Crippen molar-refractivity contribution in [2.75, 3.05) is 5.32 Å². The third kappa shape index (κ3) is 2.81. The van der Waals surface area contributed by atoms with Gasteiger partial charge < -0.3 is 5.32 Å². The highest BCUT2D eigenvalue weighted by molar-refractivity contribution is 6.30. The highest BCUT2D eigenvalue weighted by Crippen LogP contribution is 2.44. The molecule has 140 valence electrons. The normalized spacial score (nSPS) is 23.4. The summed E-state index contributed by atoms with van der Waals surface area (Å²) in [6, 6.07) is 13.5. The zero-order valence-corrected chi connectivity index (χ0v) is 15.5. The molecular formula is C21H16ClFN4O. The van der Waals surface area contributed by atoms with Crippen LogP contribution in [-0.4, -0.2) is 20.5 Å². The number of anilines is 1. The van der Waals surface area contributed by atoms with Gasteiger partial charge in [-0.1, -0.05) is 41.9 Å². The molecule has 1 aromatic heterocycles. The molecule has 1 N–H and O–H groups in total. The van der Waals surface area contributed by atoms with E-state index in [1.54, 1.807) is 22.9 Å². The van der Waals surface area contributed by atoms with Crippen LogP contribution in [0, 0.1) is 11.7 Å². The molecule has 3 aromatic rings. The maximum Gasteiger partial charge on any atom is 0.226 e. The first-order chi connectivity index (χ1) is 13.6.